The van der Waals surface area contributed by atoms with E-state index in [2.05, 4.69) is 41.4 Å². The maximum absolute atomic E-state index is 4.31. The van der Waals surface area contributed by atoms with Gasteiger partial charge in [-0.2, -0.15) is 0 Å². The Balaban J connectivity index is 2.97. The van der Waals surface area contributed by atoms with Crippen LogP contribution in [0.1, 0.15) is 39.2 Å². The van der Waals surface area contributed by atoms with Gasteiger partial charge in [-0.05, 0) is 26.7 Å². The van der Waals surface area contributed by atoms with Crippen molar-refractivity contribution in [2.75, 3.05) is 17.7 Å². The van der Waals surface area contributed by atoms with E-state index in [9.17, 15) is 0 Å². The molecule has 0 unspecified atom stereocenters. The summed E-state index contributed by atoms with van der Waals surface area (Å²) in [7, 11) is 1.87. The zero-order valence-corrected chi connectivity index (χ0v) is 10.9. The summed E-state index contributed by atoms with van der Waals surface area (Å²) >= 11 is 0. The summed E-state index contributed by atoms with van der Waals surface area (Å²) in [5.41, 5.74) is 1.17. The van der Waals surface area contributed by atoms with Gasteiger partial charge < -0.3 is 10.6 Å². The van der Waals surface area contributed by atoms with Crippen LogP contribution in [0.3, 0.4) is 0 Å². The van der Waals surface area contributed by atoms with Crippen molar-refractivity contribution in [2.24, 2.45) is 0 Å². The third-order valence-electron chi connectivity index (χ3n) is 3.30. The minimum absolute atomic E-state index is 0.101. The first-order chi connectivity index (χ1) is 7.56. The minimum atomic E-state index is 0.101. The molecule has 0 bridgehead atoms. The predicted molar refractivity (Wildman–Crippen MR) is 68.9 cm³/mol. The maximum Gasteiger partial charge on any atom is 0.134 e. The first kappa shape index (κ1) is 12.7. The van der Waals surface area contributed by atoms with Crippen LogP contribution in [0, 0.1) is 6.92 Å². The van der Waals surface area contributed by atoms with Crippen LogP contribution in [0.15, 0.2) is 6.33 Å². The molecule has 0 saturated heterocycles. The van der Waals surface area contributed by atoms with Crippen LogP contribution in [0.25, 0.3) is 0 Å². The summed E-state index contributed by atoms with van der Waals surface area (Å²) < 4.78 is 0. The fraction of sp³-hybridized carbons (Fsp3) is 0.667. The fourth-order valence-electron chi connectivity index (χ4n) is 1.54. The Kier molecular flexibility index (Phi) is 4.10. The summed E-state index contributed by atoms with van der Waals surface area (Å²) in [6.45, 7) is 8.62. The molecular weight excluding hydrogens is 200 g/mol. The van der Waals surface area contributed by atoms with Gasteiger partial charge in [0.25, 0.3) is 0 Å². The number of hydrogen-bond acceptors (Lipinski definition) is 4. The summed E-state index contributed by atoms with van der Waals surface area (Å²) in [6.07, 6.45) is 3.73. The number of hydrogen-bond donors (Lipinski definition) is 2. The molecule has 2 N–H and O–H groups in total. The van der Waals surface area contributed by atoms with Gasteiger partial charge in [0, 0.05) is 18.2 Å². The van der Waals surface area contributed by atoms with Gasteiger partial charge in [-0.3, -0.25) is 0 Å². The van der Waals surface area contributed by atoms with Gasteiger partial charge in [0.05, 0.1) is 0 Å². The molecule has 0 aliphatic rings. The maximum atomic E-state index is 4.31. The zero-order valence-electron chi connectivity index (χ0n) is 10.9. The summed E-state index contributed by atoms with van der Waals surface area (Å²) in [5, 5.41) is 6.57. The highest BCUT2D eigenvalue weighted by atomic mass is 15.1. The monoisotopic (exact) mass is 222 g/mol. The minimum Gasteiger partial charge on any atom is -0.373 e. The van der Waals surface area contributed by atoms with Crippen LogP contribution in [-0.2, 0) is 0 Å². The van der Waals surface area contributed by atoms with E-state index in [-0.39, 0.29) is 5.54 Å². The lowest BCUT2D eigenvalue weighted by Crippen LogP contribution is -2.33. The third kappa shape index (κ3) is 2.62. The normalized spacial score (nSPS) is 11.3. The third-order valence-corrected chi connectivity index (χ3v) is 3.30. The molecule has 0 saturated carbocycles. The first-order valence-electron chi connectivity index (χ1n) is 5.83. The fourth-order valence-corrected chi connectivity index (χ4v) is 1.54. The molecule has 0 amide bonds. The van der Waals surface area contributed by atoms with Gasteiger partial charge in [-0.15, -0.1) is 0 Å². The van der Waals surface area contributed by atoms with Crippen LogP contribution >= 0.6 is 0 Å². The standard InChI is InChI=1S/C12H22N4/c1-6-12(4,7-2)16-11-9(3)10(13-5)14-8-15-11/h8H,6-7H2,1-5H3,(H2,13,14,15,16). The molecule has 0 aliphatic carbocycles. The van der Waals surface area contributed by atoms with E-state index < -0.39 is 0 Å². The molecule has 0 spiro atoms. The Morgan fingerprint density at radius 2 is 1.75 bits per heavy atom. The first-order valence-corrected chi connectivity index (χ1v) is 5.83. The van der Waals surface area contributed by atoms with E-state index in [0.717, 1.165) is 30.0 Å². The SMILES string of the molecule is CCC(C)(CC)Nc1ncnc(NC)c1C. The number of nitrogens with zero attached hydrogens (tertiary/aromatic N) is 2. The molecule has 16 heavy (non-hydrogen) atoms. The molecule has 0 aliphatic heterocycles. The average Bonchev–Trinajstić information content (AvgIpc) is 2.32. The molecule has 4 heteroatoms. The number of aromatic nitrogens is 2. The van der Waals surface area contributed by atoms with Crippen molar-refractivity contribution >= 4 is 11.6 Å². The van der Waals surface area contributed by atoms with Crippen molar-refractivity contribution in [2.45, 2.75) is 46.1 Å². The van der Waals surface area contributed by atoms with Crippen molar-refractivity contribution in [3.63, 3.8) is 0 Å². The molecule has 1 aromatic rings. The van der Waals surface area contributed by atoms with E-state index in [1.165, 1.54) is 0 Å². The molecule has 1 aromatic heterocycles. The number of nitrogens with one attached hydrogen (secondary N) is 2. The van der Waals surface area contributed by atoms with Crippen LogP contribution in [0.5, 0.6) is 0 Å². The Bertz CT molecular complexity index is 345. The second-order valence-corrected chi connectivity index (χ2v) is 4.34. The molecular formula is C12H22N4. The molecule has 1 rings (SSSR count). The van der Waals surface area contributed by atoms with Crippen LogP contribution < -0.4 is 10.6 Å². The van der Waals surface area contributed by atoms with Gasteiger partial charge in [-0.1, -0.05) is 13.8 Å². The van der Waals surface area contributed by atoms with E-state index in [1.807, 2.05) is 14.0 Å². The lowest BCUT2D eigenvalue weighted by molar-refractivity contribution is 0.476. The van der Waals surface area contributed by atoms with Crippen molar-refractivity contribution in [3.05, 3.63) is 11.9 Å². The molecule has 4 nitrogen and oxygen atoms in total. The number of anilines is 2. The largest absolute Gasteiger partial charge is 0.373 e. The van der Waals surface area contributed by atoms with Gasteiger partial charge in [0.15, 0.2) is 0 Å². The van der Waals surface area contributed by atoms with Crippen molar-refractivity contribution in [1.82, 2.24) is 9.97 Å². The highest BCUT2D eigenvalue weighted by Crippen LogP contribution is 2.24. The second kappa shape index (κ2) is 5.14. The highest BCUT2D eigenvalue weighted by Gasteiger charge is 2.21. The molecule has 1 heterocycles. The Morgan fingerprint density at radius 3 is 2.25 bits per heavy atom. The molecule has 0 aromatic carbocycles. The predicted octanol–water partition coefficient (Wildman–Crippen LogP) is 2.82. The van der Waals surface area contributed by atoms with Gasteiger partial charge in [0.1, 0.15) is 18.0 Å². The smallest absolute Gasteiger partial charge is 0.134 e. The Labute approximate surface area is 97.9 Å². The molecule has 0 fully saturated rings. The summed E-state index contributed by atoms with van der Waals surface area (Å²) in [4.78, 5) is 8.48. The lowest BCUT2D eigenvalue weighted by atomic mass is 9.95. The van der Waals surface area contributed by atoms with Gasteiger partial charge in [0.2, 0.25) is 0 Å². The molecule has 0 atom stereocenters. The number of rotatable bonds is 5. The zero-order chi connectivity index (χ0) is 12.2. The topological polar surface area (TPSA) is 49.8 Å². The molecule has 0 radical (unpaired) electrons. The van der Waals surface area contributed by atoms with Gasteiger partial charge in [-0.25, -0.2) is 9.97 Å². The Morgan fingerprint density at radius 1 is 1.19 bits per heavy atom. The lowest BCUT2D eigenvalue weighted by Gasteiger charge is -2.29. The summed E-state index contributed by atoms with van der Waals surface area (Å²) in [6, 6.07) is 0. The van der Waals surface area contributed by atoms with Crippen molar-refractivity contribution < 1.29 is 0 Å². The highest BCUT2D eigenvalue weighted by molar-refractivity contribution is 5.57. The van der Waals surface area contributed by atoms with E-state index in [1.54, 1.807) is 6.33 Å². The van der Waals surface area contributed by atoms with Crippen LogP contribution in [0.2, 0.25) is 0 Å². The summed E-state index contributed by atoms with van der Waals surface area (Å²) in [5.74, 6) is 1.80. The quantitative estimate of drug-likeness (QED) is 0.804. The van der Waals surface area contributed by atoms with Crippen LogP contribution in [0.4, 0.5) is 11.6 Å². The molecule has 90 valence electrons. The van der Waals surface area contributed by atoms with Gasteiger partial charge >= 0.3 is 0 Å². The van der Waals surface area contributed by atoms with Crippen molar-refractivity contribution in [3.8, 4) is 0 Å². The van der Waals surface area contributed by atoms with E-state index >= 15 is 0 Å². The van der Waals surface area contributed by atoms with Crippen molar-refractivity contribution in [1.29, 1.82) is 0 Å². The van der Waals surface area contributed by atoms with E-state index in [0.29, 0.717) is 0 Å². The average molecular weight is 222 g/mol. The van der Waals surface area contributed by atoms with Crippen LogP contribution in [-0.4, -0.2) is 22.6 Å². The Hall–Kier alpha value is -1.32. The van der Waals surface area contributed by atoms with E-state index in [4.69, 9.17) is 0 Å². The second-order valence-electron chi connectivity index (χ2n) is 4.34.